The summed E-state index contributed by atoms with van der Waals surface area (Å²) in [4.78, 5) is 12.7. The van der Waals surface area contributed by atoms with Crippen LogP contribution in [0, 0.1) is 0 Å². The Kier molecular flexibility index (Phi) is 6.24. The van der Waals surface area contributed by atoms with E-state index in [9.17, 15) is 15.0 Å². The van der Waals surface area contributed by atoms with E-state index in [0.717, 1.165) is 16.7 Å². The van der Waals surface area contributed by atoms with Crippen LogP contribution in [0.2, 0.25) is 0 Å². The molecule has 162 valence electrons. The lowest BCUT2D eigenvalue weighted by Gasteiger charge is -2.24. The molecule has 0 saturated heterocycles. The summed E-state index contributed by atoms with van der Waals surface area (Å²) in [5.41, 5.74) is 3.59. The molecule has 2 aromatic rings. The molecule has 0 saturated carbocycles. The fraction of sp³-hybridized carbons (Fsp3) is 0.435. The first-order valence-electron chi connectivity index (χ1n) is 9.92. The van der Waals surface area contributed by atoms with E-state index in [1.54, 1.807) is 13.2 Å². The van der Waals surface area contributed by atoms with Gasteiger partial charge in [0.1, 0.15) is 11.5 Å². The number of methoxy groups -OCH3 is 2. The highest BCUT2D eigenvalue weighted by Gasteiger charge is 2.32. The Balaban J connectivity index is 1.79. The molecule has 30 heavy (non-hydrogen) atoms. The first kappa shape index (κ1) is 21.9. The molecule has 0 heterocycles. The second-order valence-corrected chi connectivity index (χ2v) is 8.54. The summed E-state index contributed by atoms with van der Waals surface area (Å²) in [5.74, 6) is 1.08. The second-order valence-electron chi connectivity index (χ2n) is 8.54. The van der Waals surface area contributed by atoms with E-state index in [1.165, 1.54) is 7.11 Å². The van der Waals surface area contributed by atoms with Crippen molar-refractivity contribution in [3.05, 3.63) is 52.6 Å². The second kappa shape index (κ2) is 8.53. The molecule has 0 aliphatic heterocycles. The number of nitrogens with one attached hydrogen (secondary N) is 2. The van der Waals surface area contributed by atoms with Crippen molar-refractivity contribution in [3.8, 4) is 11.5 Å². The number of aliphatic hydroxyl groups is 2. The van der Waals surface area contributed by atoms with Crippen molar-refractivity contribution in [2.24, 2.45) is 0 Å². The molecule has 2 atom stereocenters. The highest BCUT2D eigenvalue weighted by molar-refractivity contribution is 5.92. The van der Waals surface area contributed by atoms with Crippen LogP contribution in [0.5, 0.6) is 11.5 Å². The fourth-order valence-corrected chi connectivity index (χ4v) is 3.76. The molecule has 2 aromatic carbocycles. The lowest BCUT2D eigenvalue weighted by molar-refractivity contribution is 0.144. The number of rotatable bonds is 5. The van der Waals surface area contributed by atoms with Crippen LogP contribution in [0.1, 0.15) is 49.1 Å². The first-order valence-corrected chi connectivity index (χ1v) is 9.92. The van der Waals surface area contributed by atoms with E-state index in [4.69, 9.17) is 9.47 Å². The van der Waals surface area contributed by atoms with Gasteiger partial charge in [0, 0.05) is 5.56 Å². The van der Waals surface area contributed by atoms with Crippen molar-refractivity contribution < 1.29 is 24.5 Å². The Morgan fingerprint density at radius 3 is 2.50 bits per heavy atom. The molecule has 7 heteroatoms. The van der Waals surface area contributed by atoms with Gasteiger partial charge in [0.05, 0.1) is 38.7 Å². The van der Waals surface area contributed by atoms with E-state index in [0.29, 0.717) is 29.2 Å². The lowest BCUT2D eigenvalue weighted by atomic mass is 9.85. The number of urea groups is 1. The van der Waals surface area contributed by atoms with E-state index in [-0.39, 0.29) is 12.0 Å². The van der Waals surface area contributed by atoms with E-state index in [2.05, 4.69) is 31.4 Å². The quantitative estimate of drug-likeness (QED) is 0.602. The summed E-state index contributed by atoms with van der Waals surface area (Å²) >= 11 is 0. The molecule has 0 fully saturated rings. The van der Waals surface area contributed by atoms with Crippen LogP contribution in [-0.2, 0) is 18.4 Å². The third-order valence-corrected chi connectivity index (χ3v) is 5.46. The monoisotopic (exact) mass is 414 g/mol. The molecule has 0 spiro atoms. The zero-order valence-electron chi connectivity index (χ0n) is 18.1. The largest absolute Gasteiger partial charge is 0.497 e. The highest BCUT2D eigenvalue weighted by atomic mass is 16.5. The zero-order valence-corrected chi connectivity index (χ0v) is 18.1. The molecule has 0 radical (unpaired) electrons. The van der Waals surface area contributed by atoms with Gasteiger partial charge in [0.2, 0.25) is 0 Å². The third kappa shape index (κ3) is 4.37. The molecule has 1 aliphatic carbocycles. The summed E-state index contributed by atoms with van der Waals surface area (Å²) in [5, 5.41) is 26.1. The van der Waals surface area contributed by atoms with Gasteiger partial charge in [0.25, 0.3) is 0 Å². The van der Waals surface area contributed by atoms with Crippen LogP contribution in [0.4, 0.5) is 10.5 Å². The molecule has 2 amide bonds. The number of benzene rings is 2. The van der Waals surface area contributed by atoms with Crippen molar-refractivity contribution in [3.63, 3.8) is 0 Å². The van der Waals surface area contributed by atoms with Crippen molar-refractivity contribution in [2.75, 3.05) is 19.5 Å². The van der Waals surface area contributed by atoms with Gasteiger partial charge in [0.15, 0.2) is 0 Å². The zero-order chi connectivity index (χ0) is 22.1. The van der Waals surface area contributed by atoms with Gasteiger partial charge in [-0.3, -0.25) is 0 Å². The van der Waals surface area contributed by atoms with Crippen LogP contribution in [0.3, 0.4) is 0 Å². The number of fused-ring (bicyclic) bond motifs is 1. The Labute approximate surface area is 177 Å². The number of carbonyl (C=O) groups is 1. The molecule has 2 unspecified atom stereocenters. The minimum absolute atomic E-state index is 0.175. The van der Waals surface area contributed by atoms with Crippen LogP contribution in [0.15, 0.2) is 30.3 Å². The smallest absolute Gasteiger partial charge is 0.319 e. The number of hydrogen-bond acceptors (Lipinski definition) is 5. The summed E-state index contributed by atoms with van der Waals surface area (Å²) in [6.07, 6.45) is -0.300. The summed E-state index contributed by atoms with van der Waals surface area (Å²) < 4.78 is 10.7. The number of carbonyl (C=O) groups excluding carboxylic acids is 1. The lowest BCUT2D eigenvalue weighted by Crippen LogP contribution is -2.40. The van der Waals surface area contributed by atoms with E-state index >= 15 is 0 Å². The molecular weight excluding hydrogens is 384 g/mol. The number of aliphatic hydroxyl groups excluding tert-OH is 2. The van der Waals surface area contributed by atoms with E-state index < -0.39 is 18.2 Å². The summed E-state index contributed by atoms with van der Waals surface area (Å²) in [6, 6.07) is 8.36. The van der Waals surface area contributed by atoms with Crippen LogP contribution in [0.25, 0.3) is 0 Å². The molecule has 3 rings (SSSR count). The number of anilines is 1. The van der Waals surface area contributed by atoms with Gasteiger partial charge in [-0.15, -0.1) is 0 Å². The SMILES string of the molecule is COc1ccc2c(c1)C(O)C(NC(=O)Nc1cc(C(C)(C)C)cc(CO)c1OC)C2. The maximum atomic E-state index is 12.7. The number of hydrogen-bond donors (Lipinski definition) is 4. The van der Waals surface area contributed by atoms with Crippen molar-refractivity contribution in [2.45, 2.75) is 51.4 Å². The van der Waals surface area contributed by atoms with Gasteiger partial charge in [-0.1, -0.05) is 26.8 Å². The molecule has 7 nitrogen and oxygen atoms in total. The van der Waals surface area contributed by atoms with Crippen molar-refractivity contribution in [1.82, 2.24) is 5.32 Å². The van der Waals surface area contributed by atoms with Crippen LogP contribution < -0.4 is 20.1 Å². The minimum Gasteiger partial charge on any atom is -0.497 e. The van der Waals surface area contributed by atoms with Gasteiger partial charge in [-0.25, -0.2) is 4.79 Å². The number of ether oxygens (including phenoxy) is 2. The average Bonchev–Trinajstić information content (AvgIpc) is 3.01. The first-order chi connectivity index (χ1) is 14.2. The minimum atomic E-state index is -0.823. The standard InChI is InChI=1S/C23H30N2O5/c1-23(2,3)15-8-14(12-26)21(30-5)19(10-15)25-22(28)24-18-9-13-6-7-16(29-4)11-17(13)20(18)27/h6-8,10-11,18,20,26-27H,9,12H2,1-5H3,(H2,24,25,28). The van der Waals surface area contributed by atoms with Gasteiger partial charge < -0.3 is 30.3 Å². The Morgan fingerprint density at radius 2 is 1.90 bits per heavy atom. The highest BCUT2D eigenvalue weighted by Crippen LogP contribution is 2.36. The Morgan fingerprint density at radius 1 is 1.17 bits per heavy atom. The maximum Gasteiger partial charge on any atom is 0.319 e. The fourth-order valence-electron chi connectivity index (χ4n) is 3.76. The van der Waals surface area contributed by atoms with Gasteiger partial charge in [-0.2, -0.15) is 0 Å². The van der Waals surface area contributed by atoms with E-state index in [1.807, 2.05) is 24.3 Å². The molecule has 0 bridgehead atoms. The summed E-state index contributed by atoms with van der Waals surface area (Å²) in [7, 11) is 3.07. The molecule has 0 aromatic heterocycles. The van der Waals surface area contributed by atoms with Crippen LogP contribution in [-0.4, -0.2) is 36.5 Å². The topological polar surface area (TPSA) is 100 Å². The predicted molar refractivity (Wildman–Crippen MR) is 115 cm³/mol. The molecular formula is C23H30N2O5. The van der Waals surface area contributed by atoms with Gasteiger partial charge in [-0.05, 0) is 52.8 Å². The van der Waals surface area contributed by atoms with Crippen LogP contribution >= 0.6 is 0 Å². The Hall–Kier alpha value is -2.77. The molecule has 4 N–H and O–H groups in total. The predicted octanol–water partition coefficient (Wildman–Crippen LogP) is 3.27. The summed E-state index contributed by atoms with van der Waals surface area (Å²) in [6.45, 7) is 5.96. The normalized spacial score (nSPS) is 18.0. The van der Waals surface area contributed by atoms with Crippen molar-refractivity contribution >= 4 is 11.7 Å². The Bertz CT molecular complexity index is 936. The number of amides is 2. The van der Waals surface area contributed by atoms with Crippen molar-refractivity contribution in [1.29, 1.82) is 0 Å². The van der Waals surface area contributed by atoms with Gasteiger partial charge >= 0.3 is 6.03 Å². The maximum absolute atomic E-state index is 12.7. The average molecular weight is 415 g/mol. The third-order valence-electron chi connectivity index (χ3n) is 5.46. The molecule has 1 aliphatic rings.